The highest BCUT2D eigenvalue weighted by Gasteiger charge is 2.25. The average Bonchev–Trinajstić information content (AvgIpc) is 3.11. The molecule has 1 N–H and O–H groups in total. The van der Waals surface area contributed by atoms with E-state index in [1.54, 1.807) is 6.07 Å². The molecule has 0 unspecified atom stereocenters. The second-order valence-electron chi connectivity index (χ2n) is 4.59. The van der Waals surface area contributed by atoms with Crippen LogP contribution in [0.4, 0.5) is 5.69 Å². The predicted molar refractivity (Wildman–Crippen MR) is 73.4 cm³/mol. The monoisotopic (exact) mass is 275 g/mol. The van der Waals surface area contributed by atoms with Crippen LogP contribution in [0.25, 0.3) is 0 Å². The summed E-state index contributed by atoms with van der Waals surface area (Å²) in [5.74, 6) is 0.229. The second-order valence-corrected chi connectivity index (χ2v) is 5.37. The lowest BCUT2D eigenvalue weighted by atomic mass is 10.3. The molecule has 1 saturated carbocycles. The lowest BCUT2D eigenvalue weighted by molar-refractivity contribution is -0.117. The van der Waals surface area contributed by atoms with Crippen LogP contribution in [-0.4, -0.2) is 15.7 Å². The van der Waals surface area contributed by atoms with Crippen molar-refractivity contribution in [2.24, 2.45) is 0 Å². The van der Waals surface area contributed by atoms with Crippen molar-refractivity contribution in [3.8, 4) is 0 Å². The Hall–Kier alpha value is -1.95. The van der Waals surface area contributed by atoms with Crippen LogP contribution in [0.5, 0.6) is 0 Å². The highest BCUT2D eigenvalue weighted by Crippen LogP contribution is 2.38. The molecule has 0 saturated heterocycles. The van der Waals surface area contributed by atoms with Gasteiger partial charge in [0, 0.05) is 17.4 Å². The third-order valence-electron chi connectivity index (χ3n) is 2.98. The molecule has 1 aliphatic rings. The van der Waals surface area contributed by atoms with E-state index in [-0.39, 0.29) is 18.0 Å². The number of anilines is 1. The minimum atomic E-state index is -0.245. The SMILES string of the molecule is O=C(Cn1nc(C2CC2)ccc1=O)Nc1ccsc1. The fourth-order valence-corrected chi connectivity index (χ4v) is 2.43. The molecule has 2 aromatic heterocycles. The minimum absolute atomic E-state index is 0.0464. The number of hydrogen-bond acceptors (Lipinski definition) is 4. The number of nitrogens with zero attached hydrogens (tertiary/aromatic N) is 2. The third-order valence-corrected chi connectivity index (χ3v) is 3.66. The summed E-state index contributed by atoms with van der Waals surface area (Å²) >= 11 is 1.51. The van der Waals surface area contributed by atoms with Crippen LogP contribution < -0.4 is 10.9 Å². The normalized spacial score (nSPS) is 14.3. The molecule has 0 aromatic carbocycles. The first-order chi connectivity index (χ1) is 9.22. The van der Waals surface area contributed by atoms with E-state index in [0.717, 1.165) is 24.2 Å². The van der Waals surface area contributed by atoms with E-state index < -0.39 is 0 Å². The Kier molecular flexibility index (Phi) is 3.16. The van der Waals surface area contributed by atoms with Crippen LogP contribution in [0.3, 0.4) is 0 Å². The maximum atomic E-state index is 11.8. The third kappa shape index (κ3) is 2.90. The highest BCUT2D eigenvalue weighted by atomic mass is 32.1. The Morgan fingerprint density at radius 3 is 2.95 bits per heavy atom. The first kappa shape index (κ1) is 12.1. The predicted octanol–water partition coefficient (Wildman–Crippen LogP) is 1.82. The van der Waals surface area contributed by atoms with Gasteiger partial charge in [0.15, 0.2) is 0 Å². The number of aromatic nitrogens is 2. The molecule has 6 heteroatoms. The summed E-state index contributed by atoms with van der Waals surface area (Å²) in [4.78, 5) is 23.5. The molecule has 1 amide bonds. The van der Waals surface area contributed by atoms with Crippen molar-refractivity contribution in [2.75, 3.05) is 5.32 Å². The van der Waals surface area contributed by atoms with Crippen LogP contribution >= 0.6 is 11.3 Å². The fourth-order valence-electron chi connectivity index (χ4n) is 1.85. The molecule has 1 fully saturated rings. The number of carbonyl (C=O) groups excluding carboxylic acids is 1. The Balaban J connectivity index is 1.73. The van der Waals surface area contributed by atoms with Crippen molar-refractivity contribution in [3.63, 3.8) is 0 Å². The summed E-state index contributed by atoms with van der Waals surface area (Å²) in [6, 6.07) is 5.06. The standard InChI is InChI=1S/C13H13N3O2S/c17-12(14-10-5-6-19-8-10)7-16-13(18)4-3-11(15-16)9-1-2-9/h3-6,8-9H,1-2,7H2,(H,14,17). The van der Waals surface area contributed by atoms with Crippen molar-refractivity contribution in [3.05, 3.63) is 45.0 Å². The molecule has 98 valence electrons. The van der Waals surface area contributed by atoms with E-state index in [4.69, 9.17) is 0 Å². The highest BCUT2D eigenvalue weighted by molar-refractivity contribution is 7.08. The number of rotatable bonds is 4. The molecule has 0 atom stereocenters. The Morgan fingerprint density at radius 1 is 1.42 bits per heavy atom. The van der Waals surface area contributed by atoms with E-state index in [1.807, 2.05) is 16.8 Å². The molecular formula is C13H13N3O2S. The number of amides is 1. The molecule has 0 radical (unpaired) electrons. The van der Waals surface area contributed by atoms with E-state index >= 15 is 0 Å². The average molecular weight is 275 g/mol. The molecule has 0 aliphatic heterocycles. The van der Waals surface area contributed by atoms with Crippen LogP contribution in [0.1, 0.15) is 24.5 Å². The van der Waals surface area contributed by atoms with Gasteiger partial charge in [0.05, 0.1) is 11.4 Å². The van der Waals surface area contributed by atoms with Crippen molar-refractivity contribution in [2.45, 2.75) is 25.3 Å². The largest absolute Gasteiger partial charge is 0.324 e. The van der Waals surface area contributed by atoms with Crippen LogP contribution in [0.2, 0.25) is 0 Å². The molecule has 19 heavy (non-hydrogen) atoms. The topological polar surface area (TPSA) is 64.0 Å². The van der Waals surface area contributed by atoms with Gasteiger partial charge < -0.3 is 5.32 Å². The van der Waals surface area contributed by atoms with Crippen LogP contribution in [-0.2, 0) is 11.3 Å². The number of thiophene rings is 1. The summed E-state index contributed by atoms with van der Waals surface area (Å²) in [5.41, 5.74) is 1.41. The van der Waals surface area contributed by atoms with Gasteiger partial charge in [-0.1, -0.05) is 0 Å². The van der Waals surface area contributed by atoms with Gasteiger partial charge in [-0.2, -0.15) is 16.4 Å². The van der Waals surface area contributed by atoms with Gasteiger partial charge in [-0.15, -0.1) is 0 Å². The van der Waals surface area contributed by atoms with E-state index in [1.165, 1.54) is 22.1 Å². The maximum Gasteiger partial charge on any atom is 0.267 e. The van der Waals surface area contributed by atoms with Gasteiger partial charge in [0.1, 0.15) is 6.54 Å². The first-order valence-corrected chi connectivity index (χ1v) is 7.07. The maximum absolute atomic E-state index is 11.8. The summed E-state index contributed by atoms with van der Waals surface area (Å²) in [6.45, 7) is -0.0464. The van der Waals surface area contributed by atoms with Crippen LogP contribution in [0.15, 0.2) is 33.8 Å². The van der Waals surface area contributed by atoms with Crippen molar-refractivity contribution in [1.29, 1.82) is 0 Å². The van der Waals surface area contributed by atoms with Crippen molar-refractivity contribution in [1.82, 2.24) is 9.78 Å². The van der Waals surface area contributed by atoms with Gasteiger partial charge >= 0.3 is 0 Å². The lowest BCUT2D eigenvalue weighted by Crippen LogP contribution is -2.29. The number of carbonyl (C=O) groups is 1. The zero-order valence-electron chi connectivity index (χ0n) is 10.2. The second kappa shape index (κ2) is 4.97. The van der Waals surface area contributed by atoms with Crippen LogP contribution in [0, 0.1) is 0 Å². The van der Waals surface area contributed by atoms with E-state index in [0.29, 0.717) is 5.92 Å². The first-order valence-electron chi connectivity index (χ1n) is 6.12. The lowest BCUT2D eigenvalue weighted by Gasteiger charge is -2.06. The minimum Gasteiger partial charge on any atom is -0.324 e. The molecule has 3 rings (SSSR count). The fraction of sp³-hybridized carbons (Fsp3) is 0.308. The Morgan fingerprint density at radius 2 is 2.26 bits per heavy atom. The smallest absolute Gasteiger partial charge is 0.267 e. The summed E-state index contributed by atoms with van der Waals surface area (Å²) in [5, 5.41) is 10.7. The molecule has 0 spiro atoms. The van der Waals surface area contributed by atoms with Gasteiger partial charge in [-0.25, -0.2) is 4.68 Å². The van der Waals surface area contributed by atoms with Crippen molar-refractivity contribution < 1.29 is 4.79 Å². The quantitative estimate of drug-likeness (QED) is 0.925. The van der Waals surface area contributed by atoms with Crippen molar-refractivity contribution >= 4 is 22.9 Å². The number of nitrogens with one attached hydrogen (secondary N) is 1. The molecule has 2 heterocycles. The van der Waals surface area contributed by atoms with E-state index in [2.05, 4.69) is 10.4 Å². The molecule has 2 aromatic rings. The van der Waals surface area contributed by atoms with E-state index in [9.17, 15) is 9.59 Å². The molecule has 1 aliphatic carbocycles. The molecule has 0 bridgehead atoms. The van der Waals surface area contributed by atoms with Gasteiger partial charge in [-0.3, -0.25) is 9.59 Å². The zero-order chi connectivity index (χ0) is 13.2. The summed E-state index contributed by atoms with van der Waals surface area (Å²) in [6.07, 6.45) is 2.23. The van der Waals surface area contributed by atoms with Gasteiger partial charge in [0.2, 0.25) is 5.91 Å². The van der Waals surface area contributed by atoms with Gasteiger partial charge in [0.25, 0.3) is 5.56 Å². The van der Waals surface area contributed by atoms with Gasteiger partial charge in [-0.05, 0) is 30.4 Å². The summed E-state index contributed by atoms with van der Waals surface area (Å²) < 4.78 is 1.23. The Labute approximate surface area is 113 Å². The molecular weight excluding hydrogens is 262 g/mol. The zero-order valence-corrected chi connectivity index (χ0v) is 11.0. The Bertz CT molecular complexity index is 644. The summed E-state index contributed by atoms with van der Waals surface area (Å²) in [7, 11) is 0. The molecule has 5 nitrogen and oxygen atoms in total. The number of hydrogen-bond donors (Lipinski definition) is 1.